The average molecular weight is 449 g/mol. The first-order valence-electron chi connectivity index (χ1n) is 9.96. The smallest absolute Gasteiger partial charge is 0.176 e. The molecule has 162 valence electrons. The van der Waals surface area contributed by atoms with E-state index in [2.05, 4.69) is 10.2 Å². The molecule has 0 aliphatic rings. The molecule has 0 fully saturated rings. The SMILES string of the molecule is COc1ccc(C(=O)C(C)Sc2nnc(-c3ccc(F)cc3)c3ccccc23)cc1OC. The molecule has 0 amide bonds. The highest BCUT2D eigenvalue weighted by molar-refractivity contribution is 8.00. The second kappa shape index (κ2) is 9.36. The second-order valence-corrected chi connectivity index (χ2v) is 8.43. The van der Waals surface area contributed by atoms with Crippen molar-refractivity contribution < 1.29 is 18.7 Å². The quantitative estimate of drug-likeness (QED) is 0.262. The van der Waals surface area contributed by atoms with Gasteiger partial charge in [0.05, 0.1) is 19.5 Å². The number of thioether (sulfide) groups is 1. The van der Waals surface area contributed by atoms with Gasteiger partial charge in [0, 0.05) is 21.9 Å². The van der Waals surface area contributed by atoms with Gasteiger partial charge in [-0.3, -0.25) is 4.79 Å². The number of Topliss-reactive ketones (excluding diaryl/α,β-unsaturated/α-hetero) is 1. The van der Waals surface area contributed by atoms with Gasteiger partial charge in [-0.15, -0.1) is 10.2 Å². The summed E-state index contributed by atoms with van der Waals surface area (Å²) in [7, 11) is 3.09. The molecular weight excluding hydrogens is 427 g/mol. The summed E-state index contributed by atoms with van der Waals surface area (Å²) in [6.45, 7) is 1.84. The summed E-state index contributed by atoms with van der Waals surface area (Å²) < 4.78 is 23.9. The highest BCUT2D eigenvalue weighted by atomic mass is 32.2. The molecule has 1 unspecified atom stereocenters. The van der Waals surface area contributed by atoms with E-state index in [1.165, 1.54) is 31.0 Å². The highest BCUT2D eigenvalue weighted by Gasteiger charge is 2.21. The van der Waals surface area contributed by atoms with Crippen molar-refractivity contribution in [2.45, 2.75) is 17.2 Å². The number of benzene rings is 3. The molecule has 0 radical (unpaired) electrons. The summed E-state index contributed by atoms with van der Waals surface area (Å²) in [5.74, 6) is 0.715. The van der Waals surface area contributed by atoms with Gasteiger partial charge in [0.25, 0.3) is 0 Å². The first kappa shape index (κ1) is 21.8. The summed E-state index contributed by atoms with van der Waals surface area (Å²) in [6.07, 6.45) is 0. The lowest BCUT2D eigenvalue weighted by Gasteiger charge is -2.14. The fourth-order valence-electron chi connectivity index (χ4n) is 3.43. The van der Waals surface area contributed by atoms with Crippen LogP contribution >= 0.6 is 11.8 Å². The van der Waals surface area contributed by atoms with Crippen LogP contribution in [0.4, 0.5) is 4.39 Å². The molecule has 0 N–H and O–H groups in total. The molecular formula is C25H21FN2O3S. The van der Waals surface area contributed by atoms with Gasteiger partial charge in [-0.1, -0.05) is 36.0 Å². The van der Waals surface area contributed by atoms with Gasteiger partial charge in [-0.05, 0) is 49.4 Å². The summed E-state index contributed by atoms with van der Waals surface area (Å²) in [5.41, 5.74) is 1.98. The number of hydrogen-bond donors (Lipinski definition) is 0. The van der Waals surface area contributed by atoms with Crippen LogP contribution in [-0.4, -0.2) is 35.5 Å². The van der Waals surface area contributed by atoms with Crippen LogP contribution in [0.25, 0.3) is 22.0 Å². The van der Waals surface area contributed by atoms with Gasteiger partial charge >= 0.3 is 0 Å². The number of aromatic nitrogens is 2. The monoisotopic (exact) mass is 448 g/mol. The van der Waals surface area contributed by atoms with Crippen molar-refractivity contribution in [1.29, 1.82) is 0 Å². The van der Waals surface area contributed by atoms with Gasteiger partial charge in [0.15, 0.2) is 17.3 Å². The van der Waals surface area contributed by atoms with E-state index in [-0.39, 0.29) is 11.6 Å². The van der Waals surface area contributed by atoms with E-state index >= 15 is 0 Å². The zero-order valence-electron chi connectivity index (χ0n) is 17.8. The van der Waals surface area contributed by atoms with Gasteiger partial charge in [-0.25, -0.2) is 4.39 Å². The molecule has 0 aliphatic carbocycles. The predicted molar refractivity (Wildman–Crippen MR) is 124 cm³/mol. The number of carbonyl (C=O) groups is 1. The molecule has 4 aromatic rings. The lowest BCUT2D eigenvalue weighted by Crippen LogP contribution is -2.14. The molecule has 4 rings (SSSR count). The maximum atomic E-state index is 13.3. The van der Waals surface area contributed by atoms with E-state index in [0.717, 1.165) is 16.3 Å². The molecule has 3 aromatic carbocycles. The van der Waals surface area contributed by atoms with Crippen LogP contribution in [-0.2, 0) is 0 Å². The normalized spacial score (nSPS) is 11.9. The number of halogens is 1. The van der Waals surface area contributed by atoms with Crippen LogP contribution in [0.5, 0.6) is 11.5 Å². The zero-order chi connectivity index (χ0) is 22.7. The van der Waals surface area contributed by atoms with Gasteiger partial charge in [0.2, 0.25) is 0 Å². The van der Waals surface area contributed by atoms with Crippen LogP contribution in [0.15, 0.2) is 71.8 Å². The van der Waals surface area contributed by atoms with Crippen LogP contribution in [0.1, 0.15) is 17.3 Å². The Bertz CT molecular complexity index is 1280. The van der Waals surface area contributed by atoms with Gasteiger partial charge in [-0.2, -0.15) is 0 Å². The molecule has 7 heteroatoms. The zero-order valence-corrected chi connectivity index (χ0v) is 18.7. The third-order valence-corrected chi connectivity index (χ3v) is 6.19. The number of hydrogen-bond acceptors (Lipinski definition) is 6. The lowest BCUT2D eigenvalue weighted by atomic mass is 10.1. The predicted octanol–water partition coefficient (Wildman–Crippen LogP) is 5.82. The van der Waals surface area contributed by atoms with Crippen LogP contribution in [0.2, 0.25) is 0 Å². The van der Waals surface area contributed by atoms with Crippen molar-refractivity contribution in [1.82, 2.24) is 10.2 Å². The molecule has 0 aliphatic heterocycles. The van der Waals surface area contributed by atoms with Crippen molar-refractivity contribution >= 4 is 28.3 Å². The number of ether oxygens (including phenoxy) is 2. The Morgan fingerprint density at radius 1 is 0.906 bits per heavy atom. The van der Waals surface area contributed by atoms with E-state index in [9.17, 15) is 9.18 Å². The summed E-state index contributed by atoms with van der Waals surface area (Å²) in [6, 6.07) is 19.0. The van der Waals surface area contributed by atoms with Crippen molar-refractivity contribution in [3.05, 3.63) is 78.1 Å². The Morgan fingerprint density at radius 3 is 2.28 bits per heavy atom. The molecule has 5 nitrogen and oxygen atoms in total. The number of rotatable bonds is 7. The van der Waals surface area contributed by atoms with E-state index < -0.39 is 5.25 Å². The molecule has 0 saturated carbocycles. The Morgan fingerprint density at radius 2 is 1.59 bits per heavy atom. The fraction of sp³-hybridized carbons (Fsp3) is 0.160. The Balaban J connectivity index is 1.65. The van der Waals surface area contributed by atoms with E-state index in [1.807, 2.05) is 31.2 Å². The maximum Gasteiger partial charge on any atom is 0.176 e. The topological polar surface area (TPSA) is 61.3 Å². The molecule has 1 aromatic heterocycles. The Hall–Kier alpha value is -3.45. The van der Waals surface area contributed by atoms with Crippen LogP contribution in [0, 0.1) is 5.82 Å². The van der Waals surface area contributed by atoms with Crippen molar-refractivity contribution in [3.63, 3.8) is 0 Å². The highest BCUT2D eigenvalue weighted by Crippen LogP contribution is 2.35. The number of ketones is 1. The third-order valence-electron chi connectivity index (χ3n) is 5.10. The molecule has 0 spiro atoms. The first-order chi connectivity index (χ1) is 15.5. The summed E-state index contributed by atoms with van der Waals surface area (Å²) in [5, 5.41) is 10.8. The summed E-state index contributed by atoms with van der Waals surface area (Å²) in [4.78, 5) is 13.1. The van der Waals surface area contributed by atoms with Crippen LogP contribution in [0.3, 0.4) is 0 Å². The van der Waals surface area contributed by atoms with E-state index in [4.69, 9.17) is 9.47 Å². The fourth-order valence-corrected chi connectivity index (χ4v) is 4.40. The Labute approximate surface area is 189 Å². The minimum Gasteiger partial charge on any atom is -0.493 e. The third kappa shape index (κ3) is 4.29. The van der Waals surface area contributed by atoms with Crippen molar-refractivity contribution in [2.75, 3.05) is 14.2 Å². The first-order valence-corrected chi connectivity index (χ1v) is 10.8. The standard InChI is InChI=1S/C25H21FN2O3S/c1-15(24(29)17-10-13-21(30-2)22(14-17)31-3)32-25-20-7-5-4-6-19(20)23(27-28-25)16-8-11-18(26)12-9-16/h4-15H,1-3H3. The summed E-state index contributed by atoms with van der Waals surface area (Å²) >= 11 is 1.35. The van der Waals surface area contributed by atoms with Gasteiger partial charge < -0.3 is 9.47 Å². The molecule has 1 atom stereocenters. The maximum absolute atomic E-state index is 13.3. The number of carbonyl (C=O) groups excluding carboxylic acids is 1. The Kier molecular flexibility index (Phi) is 6.37. The van der Waals surface area contributed by atoms with Crippen molar-refractivity contribution in [2.24, 2.45) is 0 Å². The number of fused-ring (bicyclic) bond motifs is 1. The molecule has 32 heavy (non-hydrogen) atoms. The van der Waals surface area contributed by atoms with Crippen LogP contribution < -0.4 is 9.47 Å². The van der Waals surface area contributed by atoms with Crippen molar-refractivity contribution in [3.8, 4) is 22.8 Å². The van der Waals surface area contributed by atoms with Gasteiger partial charge in [0.1, 0.15) is 16.5 Å². The molecule has 0 saturated heterocycles. The lowest BCUT2D eigenvalue weighted by molar-refractivity contribution is 0.0993. The van der Waals surface area contributed by atoms with E-state index in [1.54, 1.807) is 37.4 Å². The number of methoxy groups -OCH3 is 2. The van der Waals surface area contributed by atoms with E-state index in [0.29, 0.717) is 27.8 Å². The average Bonchev–Trinajstić information content (AvgIpc) is 2.84. The second-order valence-electron chi connectivity index (χ2n) is 7.10. The minimum atomic E-state index is -0.400. The molecule has 0 bridgehead atoms. The number of nitrogens with zero attached hydrogens (tertiary/aromatic N) is 2. The minimum absolute atomic E-state index is 0.0514. The largest absolute Gasteiger partial charge is 0.493 e. The molecule has 1 heterocycles.